The quantitative estimate of drug-likeness (QED) is 0.896. The molecule has 0 unspecified atom stereocenters. The number of carbonyl (C=O) groups is 1. The second-order valence-electron chi connectivity index (χ2n) is 3.71. The Labute approximate surface area is 105 Å². The molecule has 1 amide bonds. The second kappa shape index (κ2) is 5.27. The van der Waals surface area contributed by atoms with E-state index in [0.29, 0.717) is 5.88 Å². The number of aromatic nitrogens is 2. The van der Waals surface area contributed by atoms with Gasteiger partial charge in [-0.25, -0.2) is 9.97 Å². The maximum Gasteiger partial charge on any atom is 0.221 e. The predicted octanol–water partition coefficient (Wildman–Crippen LogP) is 2.11. The molecular formula is C13H13N3O2. The van der Waals surface area contributed by atoms with Crippen LogP contribution < -0.4 is 10.1 Å². The lowest BCUT2D eigenvalue weighted by atomic mass is 10.1. The lowest BCUT2D eigenvalue weighted by Gasteiger charge is -2.06. The molecule has 5 heteroatoms. The van der Waals surface area contributed by atoms with E-state index in [9.17, 15) is 4.79 Å². The predicted molar refractivity (Wildman–Crippen MR) is 68.3 cm³/mol. The Hall–Kier alpha value is -2.43. The van der Waals surface area contributed by atoms with Crippen molar-refractivity contribution in [3.63, 3.8) is 0 Å². The van der Waals surface area contributed by atoms with Gasteiger partial charge in [0.15, 0.2) is 0 Å². The number of methoxy groups -OCH3 is 1. The van der Waals surface area contributed by atoms with Crippen LogP contribution in [0.4, 0.5) is 5.69 Å². The molecule has 0 radical (unpaired) electrons. The van der Waals surface area contributed by atoms with Crippen LogP contribution in [0.15, 0.2) is 36.7 Å². The van der Waals surface area contributed by atoms with Gasteiger partial charge in [-0.05, 0) is 12.1 Å². The Bertz CT molecular complexity index is 570. The standard InChI is InChI=1S/C13H13N3O2/c1-9(17)16-11-5-3-4-10(6-11)12-7-13(18-2)15-8-14-12/h3-8H,1-2H3,(H,16,17). The summed E-state index contributed by atoms with van der Waals surface area (Å²) >= 11 is 0. The van der Waals surface area contributed by atoms with Crippen LogP contribution in [0.25, 0.3) is 11.3 Å². The Balaban J connectivity index is 2.34. The van der Waals surface area contributed by atoms with Gasteiger partial charge >= 0.3 is 0 Å². The van der Waals surface area contributed by atoms with E-state index >= 15 is 0 Å². The molecule has 0 saturated heterocycles. The topological polar surface area (TPSA) is 64.1 Å². The van der Waals surface area contributed by atoms with Gasteiger partial charge < -0.3 is 10.1 Å². The van der Waals surface area contributed by atoms with Crippen molar-refractivity contribution in [3.05, 3.63) is 36.7 Å². The summed E-state index contributed by atoms with van der Waals surface area (Å²) in [7, 11) is 1.56. The van der Waals surface area contributed by atoms with Gasteiger partial charge in [-0.2, -0.15) is 0 Å². The van der Waals surface area contributed by atoms with Crippen molar-refractivity contribution in [1.82, 2.24) is 9.97 Å². The van der Waals surface area contributed by atoms with Crippen molar-refractivity contribution in [2.75, 3.05) is 12.4 Å². The SMILES string of the molecule is COc1cc(-c2cccc(NC(C)=O)c2)ncn1. The van der Waals surface area contributed by atoms with Crippen molar-refractivity contribution < 1.29 is 9.53 Å². The number of carbonyl (C=O) groups excluding carboxylic acids is 1. The third-order valence-electron chi connectivity index (χ3n) is 2.33. The average molecular weight is 243 g/mol. The number of amides is 1. The second-order valence-corrected chi connectivity index (χ2v) is 3.71. The van der Waals surface area contributed by atoms with Gasteiger partial charge in [0.05, 0.1) is 12.8 Å². The molecule has 0 spiro atoms. The van der Waals surface area contributed by atoms with Crippen molar-refractivity contribution >= 4 is 11.6 Å². The van der Waals surface area contributed by atoms with E-state index in [2.05, 4.69) is 15.3 Å². The number of rotatable bonds is 3. The average Bonchev–Trinajstić information content (AvgIpc) is 2.38. The molecule has 18 heavy (non-hydrogen) atoms. The summed E-state index contributed by atoms with van der Waals surface area (Å²) in [4.78, 5) is 19.1. The van der Waals surface area contributed by atoms with Crippen molar-refractivity contribution in [2.45, 2.75) is 6.92 Å². The summed E-state index contributed by atoms with van der Waals surface area (Å²) < 4.78 is 5.05. The Kier molecular flexibility index (Phi) is 3.52. The highest BCUT2D eigenvalue weighted by Gasteiger charge is 2.03. The molecule has 0 saturated carbocycles. The third-order valence-corrected chi connectivity index (χ3v) is 2.33. The van der Waals surface area contributed by atoms with E-state index in [-0.39, 0.29) is 5.91 Å². The van der Waals surface area contributed by atoms with E-state index in [4.69, 9.17) is 4.74 Å². The van der Waals surface area contributed by atoms with Crippen LogP contribution in [-0.4, -0.2) is 23.0 Å². The summed E-state index contributed by atoms with van der Waals surface area (Å²) in [5.74, 6) is 0.400. The molecule has 1 N–H and O–H groups in total. The molecule has 1 aromatic heterocycles. The molecule has 2 rings (SSSR count). The molecular weight excluding hydrogens is 230 g/mol. The zero-order valence-corrected chi connectivity index (χ0v) is 10.2. The molecule has 0 fully saturated rings. The van der Waals surface area contributed by atoms with Crippen molar-refractivity contribution in [2.24, 2.45) is 0 Å². The highest BCUT2D eigenvalue weighted by molar-refractivity contribution is 5.89. The Morgan fingerprint density at radius 3 is 2.83 bits per heavy atom. The van der Waals surface area contributed by atoms with Crippen LogP contribution in [0.1, 0.15) is 6.92 Å². The monoisotopic (exact) mass is 243 g/mol. The molecule has 0 aliphatic rings. The number of nitrogens with zero attached hydrogens (tertiary/aromatic N) is 2. The molecule has 0 aliphatic heterocycles. The van der Waals surface area contributed by atoms with Crippen LogP contribution in [0.2, 0.25) is 0 Å². The zero-order valence-electron chi connectivity index (χ0n) is 10.2. The maximum atomic E-state index is 11.0. The van der Waals surface area contributed by atoms with Gasteiger partial charge in [-0.3, -0.25) is 4.79 Å². The minimum Gasteiger partial charge on any atom is -0.481 e. The third kappa shape index (κ3) is 2.82. The van der Waals surface area contributed by atoms with Crippen LogP contribution in [0, 0.1) is 0 Å². The van der Waals surface area contributed by atoms with Gasteiger partial charge in [0.25, 0.3) is 0 Å². The van der Waals surface area contributed by atoms with E-state index in [1.807, 2.05) is 24.3 Å². The molecule has 0 bridgehead atoms. The molecule has 0 atom stereocenters. The first-order chi connectivity index (χ1) is 8.69. The highest BCUT2D eigenvalue weighted by Crippen LogP contribution is 2.22. The first-order valence-electron chi connectivity index (χ1n) is 5.43. The van der Waals surface area contributed by atoms with Crippen LogP contribution in [0.5, 0.6) is 5.88 Å². The van der Waals surface area contributed by atoms with Crippen LogP contribution in [-0.2, 0) is 4.79 Å². The van der Waals surface area contributed by atoms with Gasteiger partial charge in [0, 0.05) is 24.2 Å². The largest absolute Gasteiger partial charge is 0.481 e. The fourth-order valence-corrected chi connectivity index (χ4v) is 1.57. The van der Waals surface area contributed by atoms with Gasteiger partial charge in [0.2, 0.25) is 11.8 Å². The molecule has 1 aromatic carbocycles. The number of benzene rings is 1. The maximum absolute atomic E-state index is 11.0. The smallest absolute Gasteiger partial charge is 0.221 e. The summed E-state index contributed by atoms with van der Waals surface area (Å²) in [6.45, 7) is 1.47. The Morgan fingerprint density at radius 1 is 1.28 bits per heavy atom. The highest BCUT2D eigenvalue weighted by atomic mass is 16.5. The van der Waals surface area contributed by atoms with Crippen molar-refractivity contribution in [1.29, 1.82) is 0 Å². The van der Waals surface area contributed by atoms with E-state index in [1.54, 1.807) is 13.2 Å². The summed E-state index contributed by atoms with van der Waals surface area (Å²) in [5, 5.41) is 2.73. The molecule has 5 nitrogen and oxygen atoms in total. The van der Waals surface area contributed by atoms with E-state index in [0.717, 1.165) is 16.9 Å². The summed E-state index contributed by atoms with van der Waals surface area (Å²) in [5.41, 5.74) is 2.37. The molecule has 2 aromatic rings. The molecule has 1 heterocycles. The number of nitrogens with one attached hydrogen (secondary N) is 1. The minimum atomic E-state index is -0.104. The fraction of sp³-hybridized carbons (Fsp3) is 0.154. The number of anilines is 1. The zero-order chi connectivity index (χ0) is 13.0. The number of hydrogen-bond donors (Lipinski definition) is 1. The lowest BCUT2D eigenvalue weighted by Crippen LogP contribution is -2.05. The summed E-state index contributed by atoms with van der Waals surface area (Å²) in [6, 6.07) is 9.18. The first kappa shape index (κ1) is 12.0. The number of hydrogen-bond acceptors (Lipinski definition) is 4. The minimum absolute atomic E-state index is 0.104. The molecule has 0 aliphatic carbocycles. The summed E-state index contributed by atoms with van der Waals surface area (Å²) in [6.07, 6.45) is 1.44. The van der Waals surface area contributed by atoms with Crippen molar-refractivity contribution in [3.8, 4) is 17.1 Å². The van der Waals surface area contributed by atoms with Crippen LogP contribution >= 0.6 is 0 Å². The normalized spacial score (nSPS) is 9.89. The van der Waals surface area contributed by atoms with Crippen LogP contribution in [0.3, 0.4) is 0 Å². The fourth-order valence-electron chi connectivity index (χ4n) is 1.57. The van der Waals surface area contributed by atoms with Gasteiger partial charge in [-0.1, -0.05) is 12.1 Å². The Morgan fingerprint density at radius 2 is 2.11 bits per heavy atom. The number of ether oxygens (including phenoxy) is 1. The van der Waals surface area contributed by atoms with E-state index in [1.165, 1.54) is 13.3 Å². The molecule has 92 valence electrons. The lowest BCUT2D eigenvalue weighted by molar-refractivity contribution is -0.114. The van der Waals surface area contributed by atoms with E-state index < -0.39 is 0 Å². The first-order valence-corrected chi connectivity index (χ1v) is 5.43. The van der Waals surface area contributed by atoms with Gasteiger partial charge in [-0.15, -0.1) is 0 Å². The van der Waals surface area contributed by atoms with Gasteiger partial charge in [0.1, 0.15) is 6.33 Å².